The van der Waals surface area contributed by atoms with E-state index in [0.717, 1.165) is 25.1 Å². The molecule has 5 nitrogen and oxygen atoms in total. The summed E-state index contributed by atoms with van der Waals surface area (Å²) in [7, 11) is -1.47. The first kappa shape index (κ1) is 16.5. The van der Waals surface area contributed by atoms with Gasteiger partial charge in [-0.05, 0) is 38.3 Å². The molecule has 6 heteroatoms. The van der Waals surface area contributed by atoms with Crippen LogP contribution < -0.4 is 5.32 Å². The molecule has 1 aromatic heterocycles. The molecule has 0 aromatic carbocycles. The second-order valence-electron chi connectivity index (χ2n) is 6.22. The predicted octanol–water partition coefficient (Wildman–Crippen LogP) is 1.94. The minimum Gasteiger partial charge on any atom is -0.352 e. The van der Waals surface area contributed by atoms with Gasteiger partial charge < -0.3 is 9.88 Å². The second-order valence-corrected chi connectivity index (χ2v) is 8.11. The van der Waals surface area contributed by atoms with Crippen molar-refractivity contribution in [2.75, 3.05) is 13.1 Å². The van der Waals surface area contributed by atoms with Crippen LogP contribution in [0, 0.1) is 5.92 Å². The van der Waals surface area contributed by atoms with Gasteiger partial charge in [0.2, 0.25) is 10.0 Å². The highest BCUT2D eigenvalue weighted by Crippen LogP contribution is 2.29. The van der Waals surface area contributed by atoms with Crippen LogP contribution in [0.3, 0.4) is 0 Å². The average Bonchev–Trinajstić information content (AvgIpc) is 2.94. The molecule has 0 radical (unpaired) electrons. The van der Waals surface area contributed by atoms with E-state index in [1.807, 2.05) is 18.5 Å². The summed E-state index contributed by atoms with van der Waals surface area (Å²) in [6.45, 7) is 8.48. The lowest BCUT2D eigenvalue weighted by molar-refractivity contribution is 0.405. The van der Waals surface area contributed by atoms with Crippen molar-refractivity contribution in [1.82, 2.24) is 14.2 Å². The van der Waals surface area contributed by atoms with Gasteiger partial charge in [0.1, 0.15) is 4.90 Å². The molecule has 0 saturated carbocycles. The zero-order valence-corrected chi connectivity index (χ0v) is 14.3. The number of nitrogens with zero attached hydrogens (tertiary/aromatic N) is 2. The van der Waals surface area contributed by atoms with Crippen LogP contribution in [-0.2, 0) is 23.6 Å². The molecule has 2 unspecified atom stereocenters. The molecule has 1 aliphatic rings. The normalized spacial score (nSPS) is 23.8. The van der Waals surface area contributed by atoms with Gasteiger partial charge in [0.15, 0.2) is 0 Å². The molecule has 0 bridgehead atoms. The molecule has 2 atom stereocenters. The first-order chi connectivity index (χ1) is 9.86. The molecule has 21 heavy (non-hydrogen) atoms. The van der Waals surface area contributed by atoms with Gasteiger partial charge in [-0.1, -0.05) is 13.8 Å². The van der Waals surface area contributed by atoms with Crippen molar-refractivity contribution in [1.29, 1.82) is 0 Å². The maximum absolute atomic E-state index is 12.8. The van der Waals surface area contributed by atoms with Gasteiger partial charge in [-0.3, -0.25) is 0 Å². The fraction of sp³-hybridized carbons (Fsp3) is 0.733. The van der Waals surface area contributed by atoms with Gasteiger partial charge in [0, 0.05) is 38.1 Å². The third-order valence-corrected chi connectivity index (χ3v) is 6.09. The van der Waals surface area contributed by atoms with Crippen LogP contribution >= 0.6 is 0 Å². The van der Waals surface area contributed by atoms with Crippen molar-refractivity contribution in [2.45, 2.75) is 51.1 Å². The average molecular weight is 313 g/mol. The summed E-state index contributed by atoms with van der Waals surface area (Å²) in [6.07, 6.45) is 3.74. The van der Waals surface area contributed by atoms with Crippen LogP contribution in [0.15, 0.2) is 17.2 Å². The van der Waals surface area contributed by atoms with E-state index in [1.54, 1.807) is 16.6 Å². The van der Waals surface area contributed by atoms with E-state index in [0.29, 0.717) is 23.9 Å². The Kier molecular flexibility index (Phi) is 5.11. The molecule has 2 heterocycles. The number of hydrogen-bond acceptors (Lipinski definition) is 3. The van der Waals surface area contributed by atoms with Crippen molar-refractivity contribution in [3.63, 3.8) is 0 Å². The Morgan fingerprint density at radius 3 is 2.67 bits per heavy atom. The molecule has 1 N–H and O–H groups in total. The number of nitrogens with one attached hydrogen (secondary N) is 1. The monoisotopic (exact) mass is 313 g/mol. The van der Waals surface area contributed by atoms with E-state index in [-0.39, 0.29) is 6.04 Å². The number of aryl methyl sites for hydroxylation is 1. The van der Waals surface area contributed by atoms with Gasteiger partial charge in [-0.25, -0.2) is 8.42 Å². The highest BCUT2D eigenvalue weighted by atomic mass is 32.2. The SMILES string of the molecule is CCCNCc1cc(S(=O)(=O)N2CC(C)CC2C)cn1C. The Labute approximate surface area is 128 Å². The maximum Gasteiger partial charge on any atom is 0.244 e. The van der Waals surface area contributed by atoms with Crippen LogP contribution in [0.1, 0.15) is 39.3 Å². The van der Waals surface area contributed by atoms with E-state index in [2.05, 4.69) is 19.2 Å². The number of sulfonamides is 1. The molecule has 1 fully saturated rings. The predicted molar refractivity (Wildman–Crippen MR) is 84.5 cm³/mol. The van der Waals surface area contributed by atoms with Gasteiger partial charge in [-0.15, -0.1) is 0 Å². The third-order valence-electron chi connectivity index (χ3n) is 4.15. The first-order valence-corrected chi connectivity index (χ1v) is 9.18. The van der Waals surface area contributed by atoms with Crippen LogP contribution in [0.2, 0.25) is 0 Å². The third kappa shape index (κ3) is 3.49. The topological polar surface area (TPSA) is 54.3 Å². The van der Waals surface area contributed by atoms with Gasteiger partial charge in [0.25, 0.3) is 0 Å². The fourth-order valence-corrected chi connectivity index (χ4v) is 4.88. The lowest BCUT2D eigenvalue weighted by Gasteiger charge is -2.20. The molecule has 1 saturated heterocycles. The highest BCUT2D eigenvalue weighted by Gasteiger charge is 2.36. The van der Waals surface area contributed by atoms with Crippen LogP contribution in [0.4, 0.5) is 0 Å². The fourth-order valence-electron chi connectivity index (χ4n) is 3.02. The standard InChI is InChI=1S/C15H27N3O2S/c1-5-6-16-9-14-8-15(11-17(14)4)21(19,20)18-10-12(2)7-13(18)3/h8,11-13,16H,5-7,9-10H2,1-4H3. The van der Waals surface area contributed by atoms with Crippen molar-refractivity contribution in [3.8, 4) is 0 Å². The largest absolute Gasteiger partial charge is 0.352 e. The molecule has 2 rings (SSSR count). The Morgan fingerprint density at radius 2 is 2.10 bits per heavy atom. The van der Waals surface area contributed by atoms with E-state index < -0.39 is 10.0 Å². The van der Waals surface area contributed by atoms with E-state index in [9.17, 15) is 8.42 Å². The molecule has 1 aromatic rings. The summed E-state index contributed by atoms with van der Waals surface area (Å²) in [6, 6.07) is 1.89. The maximum atomic E-state index is 12.8. The summed E-state index contributed by atoms with van der Waals surface area (Å²) in [5.74, 6) is 0.434. The van der Waals surface area contributed by atoms with E-state index in [1.165, 1.54) is 0 Å². The quantitative estimate of drug-likeness (QED) is 0.817. The molecule has 0 amide bonds. The minimum absolute atomic E-state index is 0.0897. The van der Waals surface area contributed by atoms with Crippen molar-refractivity contribution in [3.05, 3.63) is 18.0 Å². The zero-order valence-electron chi connectivity index (χ0n) is 13.5. The number of hydrogen-bond donors (Lipinski definition) is 1. The van der Waals surface area contributed by atoms with Crippen LogP contribution in [0.5, 0.6) is 0 Å². The van der Waals surface area contributed by atoms with Gasteiger partial charge >= 0.3 is 0 Å². The number of rotatable bonds is 6. The Balaban J connectivity index is 2.19. The zero-order chi connectivity index (χ0) is 15.6. The van der Waals surface area contributed by atoms with Crippen LogP contribution in [0.25, 0.3) is 0 Å². The van der Waals surface area contributed by atoms with Crippen molar-refractivity contribution >= 4 is 10.0 Å². The second kappa shape index (κ2) is 6.50. The summed E-state index contributed by atoms with van der Waals surface area (Å²) in [4.78, 5) is 0.416. The lowest BCUT2D eigenvalue weighted by Crippen LogP contribution is -2.33. The number of aromatic nitrogens is 1. The van der Waals surface area contributed by atoms with E-state index >= 15 is 0 Å². The molecule has 120 valence electrons. The minimum atomic E-state index is -3.37. The summed E-state index contributed by atoms with van der Waals surface area (Å²) >= 11 is 0. The van der Waals surface area contributed by atoms with Crippen molar-refractivity contribution < 1.29 is 8.42 Å². The molecular weight excluding hydrogens is 286 g/mol. The summed E-state index contributed by atoms with van der Waals surface area (Å²) < 4.78 is 29.1. The summed E-state index contributed by atoms with van der Waals surface area (Å²) in [5.41, 5.74) is 1.00. The Hall–Kier alpha value is -0.850. The lowest BCUT2D eigenvalue weighted by atomic mass is 10.1. The highest BCUT2D eigenvalue weighted by molar-refractivity contribution is 7.89. The molecule has 1 aliphatic heterocycles. The molecule has 0 spiro atoms. The van der Waals surface area contributed by atoms with Gasteiger partial charge in [0.05, 0.1) is 0 Å². The Morgan fingerprint density at radius 1 is 1.38 bits per heavy atom. The van der Waals surface area contributed by atoms with E-state index in [4.69, 9.17) is 0 Å². The molecule has 0 aliphatic carbocycles. The van der Waals surface area contributed by atoms with Crippen molar-refractivity contribution in [2.24, 2.45) is 13.0 Å². The first-order valence-electron chi connectivity index (χ1n) is 7.74. The van der Waals surface area contributed by atoms with Crippen LogP contribution in [-0.4, -0.2) is 36.4 Å². The Bertz CT molecular complexity index is 580. The summed E-state index contributed by atoms with van der Waals surface area (Å²) in [5, 5.41) is 3.31. The molecular formula is C15H27N3O2S. The van der Waals surface area contributed by atoms with Gasteiger partial charge in [-0.2, -0.15) is 4.31 Å². The smallest absolute Gasteiger partial charge is 0.244 e.